The van der Waals surface area contributed by atoms with Gasteiger partial charge in [-0.25, -0.2) is 0 Å². The average molecular weight is 163 g/mol. The maximum absolute atomic E-state index is 9.09. The third-order valence-electron chi connectivity index (χ3n) is 1.64. The second kappa shape index (κ2) is 2.98. The van der Waals surface area contributed by atoms with Crippen molar-refractivity contribution < 1.29 is 20.1 Å². The van der Waals surface area contributed by atoms with Crippen molar-refractivity contribution in [3.8, 4) is 0 Å². The molecule has 1 aliphatic heterocycles. The van der Waals surface area contributed by atoms with Gasteiger partial charge in [0.15, 0.2) is 0 Å². The fraction of sp³-hybridized carbons (Fsp3) is 0.800. The first-order chi connectivity index (χ1) is 4.66. The molecule has 5 heteroatoms. The molecule has 0 unspecified atom stereocenters. The maximum Gasteiger partial charge on any atom is 0.111 e. The van der Waals surface area contributed by atoms with Crippen molar-refractivity contribution in [1.29, 1.82) is 0 Å². The van der Waals surface area contributed by atoms with Crippen LogP contribution in [0.5, 0.6) is 0 Å². The van der Waals surface area contributed by atoms with Gasteiger partial charge in [0.2, 0.25) is 0 Å². The minimum Gasteiger partial charge on any atom is -0.394 e. The zero-order valence-corrected chi connectivity index (χ0v) is 7.69. The first kappa shape index (κ1) is 8.16. The van der Waals surface area contributed by atoms with E-state index in [1.807, 2.05) is 0 Å². The molecule has 1 heterocycles. The molecule has 0 spiro atoms. The van der Waals surface area contributed by atoms with Gasteiger partial charge in [-0.2, -0.15) is 0 Å². The lowest BCUT2D eigenvalue weighted by Crippen LogP contribution is -2.32. The second-order valence-electron chi connectivity index (χ2n) is 2.38. The fourth-order valence-electron chi connectivity index (χ4n) is 0.967. The molecule has 10 heavy (non-hydrogen) atoms. The molecule has 59 valence electrons. The lowest BCUT2D eigenvalue weighted by molar-refractivity contribution is -0.00380. The molecule has 3 N–H and O–H groups in total. The summed E-state index contributed by atoms with van der Waals surface area (Å²) in [5.74, 6) is 0. The van der Waals surface area contributed by atoms with Gasteiger partial charge >= 0.3 is 0 Å². The van der Waals surface area contributed by atoms with Crippen LogP contribution in [0.4, 0.5) is 0 Å². The van der Waals surface area contributed by atoms with E-state index in [1.54, 1.807) is 0 Å². The van der Waals surface area contributed by atoms with Gasteiger partial charge in [-0.1, -0.05) is 0 Å². The Balaban J connectivity index is 2.53. The second-order valence-corrected chi connectivity index (χ2v) is 3.37. The van der Waals surface area contributed by atoms with Gasteiger partial charge < -0.3 is 20.1 Å². The van der Waals surface area contributed by atoms with Crippen molar-refractivity contribution in [3.63, 3.8) is 0 Å². The molecule has 0 aromatic rings. The molecular formula is C5H11O4Si. The van der Waals surface area contributed by atoms with Gasteiger partial charge in [0.1, 0.15) is 24.0 Å². The minimum absolute atomic E-state index is 0.246. The third-order valence-corrected chi connectivity index (χ3v) is 2.47. The Labute approximate surface area is 61.9 Å². The Kier molecular flexibility index (Phi) is 2.43. The van der Waals surface area contributed by atoms with E-state index in [0.29, 0.717) is 16.0 Å². The predicted octanol–water partition coefficient (Wildman–Crippen LogP) is -3.05. The molecule has 3 atom stereocenters. The van der Waals surface area contributed by atoms with E-state index in [4.69, 9.17) is 20.1 Å². The van der Waals surface area contributed by atoms with Crippen LogP contribution >= 0.6 is 0 Å². The summed E-state index contributed by atoms with van der Waals surface area (Å²) in [5, 5.41) is 26.8. The number of hydrogen-bond donors (Lipinski definition) is 3. The highest BCUT2D eigenvalue weighted by Gasteiger charge is 2.39. The summed E-state index contributed by atoms with van der Waals surface area (Å²) in [6.45, 7) is -0.246. The number of aliphatic hydroxyl groups is 3. The molecule has 0 aromatic carbocycles. The van der Waals surface area contributed by atoms with E-state index in [2.05, 4.69) is 0 Å². The molecule has 1 fully saturated rings. The SMILES string of the molecule is OC[C@H]1O[C]([SiH3])[C@@H](O)[C@@H]1O. The van der Waals surface area contributed by atoms with Crippen LogP contribution in [0.2, 0.25) is 0 Å². The zero-order chi connectivity index (χ0) is 7.72. The summed E-state index contributed by atoms with van der Waals surface area (Å²) in [7, 11) is 0.591. The highest BCUT2D eigenvalue weighted by atomic mass is 28.1. The highest BCUT2D eigenvalue weighted by Crippen LogP contribution is 2.23. The molecule has 0 amide bonds. The average Bonchev–Trinajstić information content (AvgIpc) is 2.17. The summed E-state index contributed by atoms with van der Waals surface area (Å²) in [6.07, 6.45) is -2.45. The summed E-state index contributed by atoms with van der Waals surface area (Å²) in [6, 6.07) is 0. The van der Waals surface area contributed by atoms with E-state index >= 15 is 0 Å². The fourth-order valence-corrected chi connectivity index (χ4v) is 1.61. The van der Waals surface area contributed by atoms with Crippen LogP contribution in [0, 0.1) is 5.73 Å². The molecule has 1 saturated heterocycles. The van der Waals surface area contributed by atoms with E-state index in [1.165, 1.54) is 0 Å². The summed E-state index contributed by atoms with van der Waals surface area (Å²) < 4.78 is 4.96. The maximum atomic E-state index is 9.09. The smallest absolute Gasteiger partial charge is 0.111 e. The van der Waals surface area contributed by atoms with Crippen LogP contribution in [0.25, 0.3) is 0 Å². The van der Waals surface area contributed by atoms with Crippen molar-refractivity contribution >= 4 is 10.2 Å². The number of ether oxygens (including phenoxy) is 1. The van der Waals surface area contributed by atoms with Crippen molar-refractivity contribution in [2.45, 2.75) is 18.3 Å². The molecule has 1 radical (unpaired) electrons. The number of aliphatic hydroxyl groups excluding tert-OH is 3. The largest absolute Gasteiger partial charge is 0.394 e. The van der Waals surface area contributed by atoms with Gasteiger partial charge in [0.25, 0.3) is 0 Å². The highest BCUT2D eigenvalue weighted by molar-refractivity contribution is 6.18. The standard InChI is InChI=1S/C5H11O4Si/c6-1-2-3(7)4(8)5(10)9-2/h2-4,6-8H,1H2,10H3/t2-,3-,4+/m1/s1. The van der Waals surface area contributed by atoms with Crippen LogP contribution in [-0.2, 0) is 4.74 Å². The molecular weight excluding hydrogens is 152 g/mol. The Morgan fingerprint density at radius 3 is 2.30 bits per heavy atom. The Bertz CT molecular complexity index is 120. The Morgan fingerprint density at radius 1 is 1.50 bits per heavy atom. The quantitative estimate of drug-likeness (QED) is 0.359. The molecule has 0 bridgehead atoms. The lowest BCUT2D eigenvalue weighted by atomic mass is 10.2. The molecule has 4 nitrogen and oxygen atoms in total. The van der Waals surface area contributed by atoms with Crippen molar-refractivity contribution in [2.75, 3.05) is 6.61 Å². The number of rotatable bonds is 1. The van der Waals surface area contributed by atoms with E-state index in [-0.39, 0.29) is 6.61 Å². The first-order valence-electron chi connectivity index (χ1n) is 3.14. The first-order valence-corrected chi connectivity index (χ1v) is 4.14. The molecule has 1 rings (SSSR count). The summed E-state index contributed by atoms with van der Waals surface area (Å²) in [5.41, 5.74) is 0.506. The normalized spacial score (nSPS) is 42.9. The molecule has 0 saturated carbocycles. The van der Waals surface area contributed by atoms with Crippen LogP contribution in [0.15, 0.2) is 0 Å². The van der Waals surface area contributed by atoms with Gasteiger partial charge in [-0.05, 0) is 0 Å². The van der Waals surface area contributed by atoms with Crippen LogP contribution in [0.1, 0.15) is 0 Å². The van der Waals surface area contributed by atoms with Gasteiger partial charge in [0.05, 0.1) is 16.8 Å². The number of hydrogen-bond acceptors (Lipinski definition) is 4. The lowest BCUT2D eigenvalue weighted by Gasteiger charge is -2.10. The van der Waals surface area contributed by atoms with Gasteiger partial charge in [0, 0.05) is 0 Å². The topological polar surface area (TPSA) is 69.9 Å². The summed E-state index contributed by atoms with van der Waals surface area (Å²) in [4.78, 5) is 0. The van der Waals surface area contributed by atoms with Crippen molar-refractivity contribution in [2.24, 2.45) is 0 Å². The molecule has 0 aromatic heterocycles. The van der Waals surface area contributed by atoms with E-state index < -0.39 is 18.3 Å². The third kappa shape index (κ3) is 1.23. The molecule has 1 aliphatic rings. The Hall–Kier alpha value is 0.0569. The van der Waals surface area contributed by atoms with Crippen LogP contribution in [-0.4, -0.2) is 50.5 Å². The zero-order valence-electron chi connectivity index (χ0n) is 5.69. The van der Waals surface area contributed by atoms with E-state index in [0.717, 1.165) is 0 Å². The van der Waals surface area contributed by atoms with Crippen molar-refractivity contribution in [1.82, 2.24) is 0 Å². The van der Waals surface area contributed by atoms with E-state index in [9.17, 15) is 0 Å². The van der Waals surface area contributed by atoms with Gasteiger partial charge in [-0.15, -0.1) is 0 Å². The minimum atomic E-state index is -0.947. The van der Waals surface area contributed by atoms with Crippen LogP contribution < -0.4 is 0 Å². The van der Waals surface area contributed by atoms with Crippen LogP contribution in [0.3, 0.4) is 0 Å². The van der Waals surface area contributed by atoms with Crippen molar-refractivity contribution in [3.05, 3.63) is 5.73 Å². The van der Waals surface area contributed by atoms with Gasteiger partial charge in [-0.3, -0.25) is 0 Å². The Morgan fingerprint density at radius 2 is 2.10 bits per heavy atom. The predicted molar refractivity (Wildman–Crippen MR) is 37.2 cm³/mol. The molecule has 0 aliphatic carbocycles. The monoisotopic (exact) mass is 163 g/mol. The summed E-state index contributed by atoms with van der Waals surface area (Å²) >= 11 is 0.